The first kappa shape index (κ1) is 14.0. The maximum Gasteiger partial charge on any atom is 0.254 e. The van der Waals surface area contributed by atoms with Crippen LogP contribution in [0.2, 0.25) is 5.02 Å². The van der Waals surface area contributed by atoms with Gasteiger partial charge in [-0.25, -0.2) is 0 Å². The van der Waals surface area contributed by atoms with Crippen molar-refractivity contribution in [3.05, 3.63) is 33.3 Å². The fourth-order valence-electron chi connectivity index (χ4n) is 1.27. The summed E-state index contributed by atoms with van der Waals surface area (Å²) in [7, 11) is 1.80. The number of halogens is 3. The molecule has 0 saturated carbocycles. The molecule has 5 heteroatoms. The lowest BCUT2D eigenvalue weighted by Gasteiger charge is -2.17. The van der Waals surface area contributed by atoms with E-state index in [4.69, 9.17) is 11.6 Å². The van der Waals surface area contributed by atoms with Crippen molar-refractivity contribution in [2.24, 2.45) is 0 Å². The number of hydrogen-bond acceptors (Lipinski definition) is 1. The topological polar surface area (TPSA) is 20.3 Å². The Kier molecular flexibility index (Phi) is 5.79. The van der Waals surface area contributed by atoms with Gasteiger partial charge in [0.05, 0.1) is 5.56 Å². The normalized spacial score (nSPS) is 10.2. The number of carbonyl (C=O) groups is 1. The molecule has 0 heterocycles. The molecular formula is C11H12Br2ClNO. The number of alkyl halides is 1. The Hall–Kier alpha value is -0.0600. The Morgan fingerprint density at radius 1 is 1.50 bits per heavy atom. The molecule has 2 nitrogen and oxygen atoms in total. The summed E-state index contributed by atoms with van der Waals surface area (Å²) in [5, 5.41) is 1.51. The second kappa shape index (κ2) is 6.62. The highest BCUT2D eigenvalue weighted by Crippen LogP contribution is 2.22. The summed E-state index contributed by atoms with van der Waals surface area (Å²) in [5.74, 6) is 0.00416. The zero-order chi connectivity index (χ0) is 12.1. The summed E-state index contributed by atoms with van der Waals surface area (Å²) < 4.78 is 0.732. The number of carbonyl (C=O) groups excluding carboxylic acids is 1. The minimum atomic E-state index is 0.00416. The van der Waals surface area contributed by atoms with Gasteiger partial charge in [0.1, 0.15) is 0 Å². The van der Waals surface area contributed by atoms with Crippen LogP contribution in [0.5, 0.6) is 0 Å². The molecule has 88 valence electrons. The van der Waals surface area contributed by atoms with Crippen LogP contribution in [0.15, 0.2) is 22.7 Å². The van der Waals surface area contributed by atoms with Gasteiger partial charge in [-0.2, -0.15) is 0 Å². The molecule has 0 aliphatic carbocycles. The Labute approximate surface area is 117 Å². The van der Waals surface area contributed by atoms with Crippen LogP contribution in [0.1, 0.15) is 16.8 Å². The van der Waals surface area contributed by atoms with E-state index in [2.05, 4.69) is 31.9 Å². The number of nitrogens with zero attached hydrogens (tertiary/aromatic N) is 1. The van der Waals surface area contributed by atoms with Gasteiger partial charge in [0.25, 0.3) is 5.91 Å². The van der Waals surface area contributed by atoms with Crippen LogP contribution >= 0.6 is 43.5 Å². The average Bonchev–Trinajstić information content (AvgIpc) is 2.25. The van der Waals surface area contributed by atoms with Gasteiger partial charge >= 0.3 is 0 Å². The van der Waals surface area contributed by atoms with Crippen molar-refractivity contribution in [1.29, 1.82) is 0 Å². The molecule has 0 saturated heterocycles. The van der Waals surface area contributed by atoms with Crippen LogP contribution < -0.4 is 0 Å². The number of hydrogen-bond donors (Lipinski definition) is 0. The van der Waals surface area contributed by atoms with Gasteiger partial charge in [0, 0.05) is 28.4 Å². The van der Waals surface area contributed by atoms with Crippen LogP contribution in [0, 0.1) is 0 Å². The largest absolute Gasteiger partial charge is 0.342 e. The van der Waals surface area contributed by atoms with Crippen molar-refractivity contribution in [2.75, 3.05) is 18.9 Å². The Morgan fingerprint density at radius 3 is 2.75 bits per heavy atom. The molecule has 1 aromatic rings. The van der Waals surface area contributed by atoms with E-state index in [0.717, 1.165) is 22.8 Å². The third kappa shape index (κ3) is 3.75. The minimum absolute atomic E-state index is 0.00416. The zero-order valence-electron chi connectivity index (χ0n) is 8.84. The molecular weight excluding hydrogens is 357 g/mol. The maximum atomic E-state index is 12.0. The highest BCUT2D eigenvalue weighted by Gasteiger charge is 2.14. The summed E-state index contributed by atoms with van der Waals surface area (Å²) in [4.78, 5) is 13.7. The van der Waals surface area contributed by atoms with Gasteiger partial charge in [-0.05, 0) is 40.5 Å². The molecule has 0 radical (unpaired) electrons. The molecule has 1 rings (SSSR count). The van der Waals surface area contributed by atoms with Crippen LogP contribution in [-0.2, 0) is 0 Å². The summed E-state index contributed by atoms with van der Waals surface area (Å²) in [6.07, 6.45) is 0.938. The SMILES string of the molecule is CN(CCCBr)C(=O)c1ccc(Cl)cc1Br. The van der Waals surface area contributed by atoms with E-state index in [1.807, 2.05) is 0 Å². The highest BCUT2D eigenvalue weighted by atomic mass is 79.9. The molecule has 0 aliphatic rings. The predicted octanol–water partition coefficient (Wildman–Crippen LogP) is 3.96. The maximum absolute atomic E-state index is 12.0. The molecule has 0 atom stereocenters. The first-order valence-electron chi connectivity index (χ1n) is 4.82. The van der Waals surface area contributed by atoms with Crippen molar-refractivity contribution in [2.45, 2.75) is 6.42 Å². The summed E-state index contributed by atoms with van der Waals surface area (Å²) >= 11 is 12.5. The lowest BCUT2D eigenvalue weighted by atomic mass is 10.2. The van der Waals surface area contributed by atoms with Gasteiger partial charge in [-0.3, -0.25) is 4.79 Å². The van der Waals surface area contributed by atoms with Crippen LogP contribution in [0.25, 0.3) is 0 Å². The van der Waals surface area contributed by atoms with Crippen molar-refractivity contribution in [1.82, 2.24) is 4.90 Å². The first-order valence-corrected chi connectivity index (χ1v) is 7.12. The van der Waals surface area contributed by atoms with E-state index in [0.29, 0.717) is 10.6 Å². The molecule has 0 spiro atoms. The van der Waals surface area contributed by atoms with Gasteiger partial charge in [0.2, 0.25) is 0 Å². The predicted molar refractivity (Wildman–Crippen MR) is 74.5 cm³/mol. The Morgan fingerprint density at radius 2 is 2.19 bits per heavy atom. The smallest absolute Gasteiger partial charge is 0.254 e. The van der Waals surface area contributed by atoms with Gasteiger partial charge in [-0.15, -0.1) is 0 Å². The van der Waals surface area contributed by atoms with E-state index in [-0.39, 0.29) is 5.91 Å². The van der Waals surface area contributed by atoms with Crippen LogP contribution in [0.3, 0.4) is 0 Å². The Bertz CT molecular complexity index is 384. The van der Waals surface area contributed by atoms with E-state index in [1.165, 1.54) is 0 Å². The number of rotatable bonds is 4. The van der Waals surface area contributed by atoms with Gasteiger partial charge in [-0.1, -0.05) is 27.5 Å². The summed E-state index contributed by atoms with van der Waals surface area (Å²) in [5.41, 5.74) is 0.640. The van der Waals surface area contributed by atoms with E-state index in [1.54, 1.807) is 30.1 Å². The lowest BCUT2D eigenvalue weighted by molar-refractivity contribution is 0.0795. The third-order valence-electron chi connectivity index (χ3n) is 2.14. The number of benzene rings is 1. The van der Waals surface area contributed by atoms with E-state index in [9.17, 15) is 4.79 Å². The van der Waals surface area contributed by atoms with Gasteiger partial charge in [0.15, 0.2) is 0 Å². The molecule has 0 N–H and O–H groups in total. The third-order valence-corrected chi connectivity index (χ3v) is 3.59. The molecule has 0 fully saturated rings. The van der Waals surface area contributed by atoms with Crippen molar-refractivity contribution in [3.8, 4) is 0 Å². The second-order valence-electron chi connectivity index (χ2n) is 3.39. The quantitative estimate of drug-likeness (QED) is 0.736. The minimum Gasteiger partial charge on any atom is -0.342 e. The fourth-order valence-corrected chi connectivity index (χ4v) is 2.37. The number of amides is 1. The fraction of sp³-hybridized carbons (Fsp3) is 0.364. The molecule has 1 aromatic carbocycles. The average molecular weight is 369 g/mol. The van der Waals surface area contributed by atoms with Crippen molar-refractivity contribution >= 4 is 49.4 Å². The van der Waals surface area contributed by atoms with Gasteiger partial charge < -0.3 is 4.90 Å². The Balaban J connectivity index is 2.79. The molecule has 0 unspecified atom stereocenters. The molecule has 0 aromatic heterocycles. The van der Waals surface area contributed by atoms with E-state index >= 15 is 0 Å². The first-order chi connectivity index (χ1) is 7.56. The summed E-state index contributed by atoms with van der Waals surface area (Å²) in [6, 6.07) is 5.18. The molecule has 16 heavy (non-hydrogen) atoms. The molecule has 1 amide bonds. The van der Waals surface area contributed by atoms with E-state index < -0.39 is 0 Å². The standard InChI is InChI=1S/C11H12Br2ClNO/c1-15(6-2-5-12)11(16)9-4-3-8(14)7-10(9)13/h3-4,7H,2,5-6H2,1H3. The lowest BCUT2D eigenvalue weighted by Crippen LogP contribution is -2.28. The zero-order valence-corrected chi connectivity index (χ0v) is 12.8. The van der Waals surface area contributed by atoms with Crippen LogP contribution in [0.4, 0.5) is 0 Å². The highest BCUT2D eigenvalue weighted by molar-refractivity contribution is 9.10. The summed E-state index contributed by atoms with van der Waals surface area (Å²) in [6.45, 7) is 0.735. The second-order valence-corrected chi connectivity index (χ2v) is 5.48. The van der Waals surface area contributed by atoms with Crippen molar-refractivity contribution in [3.63, 3.8) is 0 Å². The van der Waals surface area contributed by atoms with Crippen LogP contribution in [-0.4, -0.2) is 29.7 Å². The monoisotopic (exact) mass is 367 g/mol. The molecule has 0 aliphatic heterocycles. The van der Waals surface area contributed by atoms with Crippen molar-refractivity contribution < 1.29 is 4.79 Å². The molecule has 0 bridgehead atoms.